The summed E-state index contributed by atoms with van der Waals surface area (Å²) in [5.41, 5.74) is 4.43. The Balaban J connectivity index is 1.35. The van der Waals surface area contributed by atoms with Crippen LogP contribution in [0, 0.1) is 0 Å². The molecular formula is C26H31N9O2. The number of hydrogen-bond acceptors (Lipinski definition) is 9. The zero-order valence-corrected chi connectivity index (χ0v) is 21.4. The second-order valence-electron chi connectivity index (χ2n) is 10.1. The molecule has 11 heteroatoms. The van der Waals surface area contributed by atoms with Gasteiger partial charge in [0.2, 0.25) is 11.8 Å². The Hall–Kier alpha value is -4.12. The summed E-state index contributed by atoms with van der Waals surface area (Å²) >= 11 is 0. The normalized spacial score (nSPS) is 15.6. The van der Waals surface area contributed by atoms with Gasteiger partial charge in [-0.05, 0) is 43.1 Å². The third kappa shape index (κ3) is 5.51. The van der Waals surface area contributed by atoms with Crippen molar-refractivity contribution in [3.63, 3.8) is 0 Å². The molecule has 1 aliphatic heterocycles. The predicted molar refractivity (Wildman–Crippen MR) is 138 cm³/mol. The van der Waals surface area contributed by atoms with Crippen LogP contribution in [0.1, 0.15) is 67.8 Å². The Kier molecular flexibility index (Phi) is 6.70. The molecule has 192 valence electrons. The SMILES string of the molecule is CCn1cc(Nc2nccc(-c3ccc4c(c3)CNCCC4NC(=O)c3noc(C(C)(C)C)n3)n2)cn1. The molecule has 0 spiro atoms. The average Bonchev–Trinajstić information content (AvgIpc) is 3.52. The zero-order chi connectivity index (χ0) is 26.0. The van der Waals surface area contributed by atoms with E-state index in [-0.39, 0.29) is 23.2 Å². The van der Waals surface area contributed by atoms with Gasteiger partial charge in [-0.25, -0.2) is 9.97 Å². The lowest BCUT2D eigenvalue weighted by atomic mass is 9.96. The van der Waals surface area contributed by atoms with Crippen LogP contribution in [0.25, 0.3) is 11.3 Å². The highest BCUT2D eigenvalue weighted by Gasteiger charge is 2.27. The number of fused-ring (bicyclic) bond motifs is 1. The number of aromatic nitrogens is 6. The molecule has 11 nitrogen and oxygen atoms in total. The van der Waals surface area contributed by atoms with E-state index in [0.29, 0.717) is 18.4 Å². The Morgan fingerprint density at radius 2 is 2.11 bits per heavy atom. The van der Waals surface area contributed by atoms with Crippen LogP contribution >= 0.6 is 0 Å². The predicted octanol–water partition coefficient (Wildman–Crippen LogP) is 3.75. The number of carbonyl (C=O) groups excluding carboxylic acids is 1. The molecule has 5 rings (SSSR count). The molecule has 1 aliphatic rings. The fraction of sp³-hybridized carbons (Fsp3) is 0.385. The molecule has 1 amide bonds. The molecule has 0 radical (unpaired) electrons. The maximum Gasteiger partial charge on any atom is 0.293 e. The van der Waals surface area contributed by atoms with Crippen molar-refractivity contribution in [1.29, 1.82) is 0 Å². The van der Waals surface area contributed by atoms with Crippen LogP contribution in [0.4, 0.5) is 11.6 Å². The maximum atomic E-state index is 12.9. The van der Waals surface area contributed by atoms with Gasteiger partial charge < -0.3 is 20.5 Å². The van der Waals surface area contributed by atoms with Crippen molar-refractivity contribution in [2.45, 2.75) is 58.7 Å². The van der Waals surface area contributed by atoms with Crippen LogP contribution in [-0.4, -0.2) is 42.3 Å². The summed E-state index contributed by atoms with van der Waals surface area (Å²) in [6, 6.07) is 7.90. The van der Waals surface area contributed by atoms with Crippen molar-refractivity contribution in [3.8, 4) is 11.3 Å². The lowest BCUT2D eigenvalue weighted by Gasteiger charge is -2.19. The van der Waals surface area contributed by atoms with E-state index in [0.717, 1.165) is 47.6 Å². The van der Waals surface area contributed by atoms with E-state index < -0.39 is 0 Å². The third-order valence-electron chi connectivity index (χ3n) is 6.18. The number of amides is 1. The minimum atomic E-state index is -0.348. The van der Waals surface area contributed by atoms with Crippen LogP contribution in [0.2, 0.25) is 0 Å². The summed E-state index contributed by atoms with van der Waals surface area (Å²) in [5, 5.41) is 17.9. The fourth-order valence-electron chi connectivity index (χ4n) is 4.19. The summed E-state index contributed by atoms with van der Waals surface area (Å²) < 4.78 is 7.13. The Labute approximate surface area is 215 Å². The van der Waals surface area contributed by atoms with E-state index >= 15 is 0 Å². The van der Waals surface area contributed by atoms with Gasteiger partial charge in [0.1, 0.15) is 0 Å². The Morgan fingerprint density at radius 1 is 1.24 bits per heavy atom. The highest BCUT2D eigenvalue weighted by molar-refractivity contribution is 5.90. The first-order valence-electron chi connectivity index (χ1n) is 12.4. The minimum Gasteiger partial charge on any atom is -0.342 e. The molecule has 0 aliphatic carbocycles. The maximum absolute atomic E-state index is 12.9. The number of nitrogens with zero attached hydrogens (tertiary/aromatic N) is 6. The molecule has 1 aromatic carbocycles. The second-order valence-corrected chi connectivity index (χ2v) is 10.1. The number of benzene rings is 1. The molecule has 0 saturated heterocycles. The first-order valence-corrected chi connectivity index (χ1v) is 12.4. The van der Waals surface area contributed by atoms with E-state index in [4.69, 9.17) is 9.51 Å². The number of carbonyl (C=O) groups is 1. The highest BCUT2D eigenvalue weighted by atomic mass is 16.5. The molecule has 37 heavy (non-hydrogen) atoms. The van der Waals surface area contributed by atoms with Gasteiger partial charge in [0, 0.05) is 36.5 Å². The lowest BCUT2D eigenvalue weighted by Crippen LogP contribution is -2.30. The van der Waals surface area contributed by atoms with E-state index in [1.165, 1.54) is 0 Å². The standard InChI is InChI=1S/C26H31N9O2/c1-5-35-15-18(14-29-35)30-25-28-11-9-20(32-25)16-6-7-19-17(12-16)13-27-10-8-21(19)31-23(36)22-33-24(37-34-22)26(2,3)4/h6-7,9,11-12,14-15,21,27H,5,8,10,13H2,1-4H3,(H,31,36)(H,28,30,32). The summed E-state index contributed by atoms with van der Waals surface area (Å²) in [5.74, 6) is 0.633. The van der Waals surface area contributed by atoms with Crippen LogP contribution in [0.15, 0.2) is 47.4 Å². The molecule has 4 heterocycles. The van der Waals surface area contributed by atoms with E-state index in [1.807, 2.05) is 50.7 Å². The smallest absolute Gasteiger partial charge is 0.293 e. The summed E-state index contributed by atoms with van der Waals surface area (Å²) in [6.45, 7) is 10.2. The van der Waals surface area contributed by atoms with Crippen molar-refractivity contribution in [2.24, 2.45) is 0 Å². The molecular weight excluding hydrogens is 470 g/mol. The molecule has 0 saturated carbocycles. The summed E-state index contributed by atoms with van der Waals surface area (Å²) in [7, 11) is 0. The van der Waals surface area contributed by atoms with Gasteiger partial charge in [0.15, 0.2) is 0 Å². The number of nitrogens with one attached hydrogen (secondary N) is 3. The first-order chi connectivity index (χ1) is 17.8. The van der Waals surface area contributed by atoms with Gasteiger partial charge >= 0.3 is 0 Å². The molecule has 4 aromatic rings. The van der Waals surface area contributed by atoms with Gasteiger partial charge in [-0.15, -0.1) is 0 Å². The summed E-state index contributed by atoms with van der Waals surface area (Å²) in [4.78, 5) is 26.3. The second kappa shape index (κ2) is 10.1. The quantitative estimate of drug-likeness (QED) is 0.361. The molecule has 1 atom stereocenters. The van der Waals surface area contributed by atoms with E-state index in [9.17, 15) is 4.79 Å². The van der Waals surface area contributed by atoms with Gasteiger partial charge in [0.25, 0.3) is 11.7 Å². The number of hydrogen-bond donors (Lipinski definition) is 3. The molecule has 0 bridgehead atoms. The van der Waals surface area contributed by atoms with Crippen LogP contribution < -0.4 is 16.0 Å². The molecule has 0 fully saturated rings. The third-order valence-corrected chi connectivity index (χ3v) is 6.18. The Bertz CT molecular complexity index is 1400. The lowest BCUT2D eigenvalue weighted by molar-refractivity contribution is 0.0921. The summed E-state index contributed by atoms with van der Waals surface area (Å²) in [6.07, 6.45) is 6.14. The van der Waals surface area contributed by atoms with Crippen LogP contribution in [-0.2, 0) is 18.5 Å². The van der Waals surface area contributed by atoms with Crippen molar-refractivity contribution < 1.29 is 9.32 Å². The average molecular weight is 502 g/mol. The molecule has 3 N–H and O–H groups in total. The topological polar surface area (TPSA) is 136 Å². The number of rotatable bonds is 6. The van der Waals surface area contributed by atoms with Crippen molar-refractivity contribution >= 4 is 17.5 Å². The highest BCUT2D eigenvalue weighted by Crippen LogP contribution is 2.29. The van der Waals surface area contributed by atoms with Gasteiger partial charge in [-0.3, -0.25) is 9.48 Å². The Morgan fingerprint density at radius 3 is 2.86 bits per heavy atom. The minimum absolute atomic E-state index is 0.0470. The molecule has 3 aromatic heterocycles. The first kappa shape index (κ1) is 24.6. The monoisotopic (exact) mass is 501 g/mol. The fourth-order valence-corrected chi connectivity index (χ4v) is 4.19. The number of aryl methyl sites for hydroxylation is 1. The largest absolute Gasteiger partial charge is 0.342 e. The van der Waals surface area contributed by atoms with Gasteiger partial charge in [0.05, 0.1) is 23.6 Å². The van der Waals surface area contributed by atoms with Gasteiger partial charge in [-0.1, -0.05) is 38.1 Å². The van der Waals surface area contributed by atoms with Gasteiger partial charge in [-0.2, -0.15) is 10.1 Å². The van der Waals surface area contributed by atoms with Crippen molar-refractivity contribution in [1.82, 2.24) is 40.5 Å². The van der Waals surface area contributed by atoms with E-state index in [1.54, 1.807) is 12.4 Å². The van der Waals surface area contributed by atoms with E-state index in [2.05, 4.69) is 48.3 Å². The number of anilines is 2. The van der Waals surface area contributed by atoms with Crippen LogP contribution in [0.3, 0.4) is 0 Å². The molecule has 1 unspecified atom stereocenters. The van der Waals surface area contributed by atoms with Crippen molar-refractivity contribution in [3.05, 3.63) is 65.7 Å². The van der Waals surface area contributed by atoms with Crippen molar-refractivity contribution in [2.75, 3.05) is 11.9 Å². The zero-order valence-electron chi connectivity index (χ0n) is 21.4. The van der Waals surface area contributed by atoms with Crippen LogP contribution in [0.5, 0.6) is 0 Å².